The van der Waals surface area contributed by atoms with Gasteiger partial charge >= 0.3 is 0 Å². The quantitative estimate of drug-likeness (QED) is 0.832. The highest BCUT2D eigenvalue weighted by atomic mass is 16.5. The van der Waals surface area contributed by atoms with Gasteiger partial charge in [0, 0.05) is 12.7 Å². The van der Waals surface area contributed by atoms with Gasteiger partial charge in [0.05, 0.1) is 5.69 Å². The van der Waals surface area contributed by atoms with Gasteiger partial charge in [0.1, 0.15) is 6.61 Å². The van der Waals surface area contributed by atoms with Crippen LogP contribution in [0.2, 0.25) is 0 Å². The van der Waals surface area contributed by atoms with Gasteiger partial charge in [-0.2, -0.15) is 5.21 Å². The zero-order chi connectivity index (χ0) is 13.0. The topological polar surface area (TPSA) is 92.8 Å². The van der Waals surface area contributed by atoms with Crippen molar-refractivity contribution in [2.45, 2.75) is 6.92 Å². The Morgan fingerprint density at radius 1 is 1.50 bits per heavy atom. The summed E-state index contributed by atoms with van der Waals surface area (Å²) in [4.78, 5) is 11.5. The number of anilines is 1. The Morgan fingerprint density at radius 3 is 3.00 bits per heavy atom. The molecule has 18 heavy (non-hydrogen) atoms. The molecule has 0 aliphatic carbocycles. The molecule has 1 amide bonds. The lowest BCUT2D eigenvalue weighted by molar-refractivity contribution is -0.119. The van der Waals surface area contributed by atoms with Gasteiger partial charge in [-0.15, -0.1) is 10.2 Å². The largest absolute Gasteiger partial charge is 0.375 e. The normalized spacial score (nSPS) is 10.3. The third-order valence-electron chi connectivity index (χ3n) is 2.31. The fourth-order valence-corrected chi connectivity index (χ4v) is 1.55. The molecule has 0 aliphatic heterocycles. The van der Waals surface area contributed by atoms with E-state index in [4.69, 9.17) is 4.74 Å². The second-order valence-corrected chi connectivity index (χ2v) is 3.77. The van der Waals surface area contributed by atoms with Crippen molar-refractivity contribution in [3.63, 3.8) is 0 Å². The molecule has 2 aromatic rings. The number of aromatic amines is 1. The molecule has 0 saturated carbocycles. The van der Waals surface area contributed by atoms with E-state index in [1.54, 1.807) is 0 Å². The van der Waals surface area contributed by atoms with Gasteiger partial charge < -0.3 is 10.1 Å². The number of ether oxygens (including phenoxy) is 1. The number of hydrogen-bond acceptors (Lipinski definition) is 5. The average Bonchev–Trinajstić information content (AvgIpc) is 2.83. The Morgan fingerprint density at radius 2 is 2.33 bits per heavy atom. The summed E-state index contributed by atoms with van der Waals surface area (Å²) in [7, 11) is 1.47. The average molecular weight is 247 g/mol. The van der Waals surface area contributed by atoms with Crippen LogP contribution in [0.4, 0.5) is 5.69 Å². The fourth-order valence-electron chi connectivity index (χ4n) is 1.55. The Hall–Kier alpha value is -2.28. The summed E-state index contributed by atoms with van der Waals surface area (Å²) in [6.45, 7) is 1.94. The highest BCUT2D eigenvalue weighted by Crippen LogP contribution is 2.25. The van der Waals surface area contributed by atoms with Gasteiger partial charge in [-0.1, -0.05) is 6.07 Å². The Labute approximate surface area is 104 Å². The predicted molar refractivity (Wildman–Crippen MR) is 64.9 cm³/mol. The van der Waals surface area contributed by atoms with Crippen molar-refractivity contribution in [3.05, 3.63) is 23.8 Å². The van der Waals surface area contributed by atoms with Gasteiger partial charge in [-0.05, 0) is 29.8 Å². The Kier molecular flexibility index (Phi) is 3.63. The van der Waals surface area contributed by atoms with Crippen LogP contribution >= 0.6 is 0 Å². The molecule has 1 aromatic heterocycles. The number of carbonyl (C=O) groups excluding carboxylic acids is 1. The third-order valence-corrected chi connectivity index (χ3v) is 2.31. The number of tetrazole rings is 1. The maximum atomic E-state index is 11.5. The fraction of sp³-hybridized carbons (Fsp3) is 0.273. The molecule has 0 radical (unpaired) electrons. The van der Waals surface area contributed by atoms with Crippen LogP contribution in [0.25, 0.3) is 11.4 Å². The zero-order valence-corrected chi connectivity index (χ0v) is 10.1. The van der Waals surface area contributed by atoms with Gasteiger partial charge in [0.2, 0.25) is 11.7 Å². The molecule has 0 atom stereocenters. The lowest BCUT2D eigenvalue weighted by Crippen LogP contribution is -2.17. The minimum atomic E-state index is -0.229. The number of rotatable bonds is 4. The van der Waals surface area contributed by atoms with E-state index < -0.39 is 0 Å². The van der Waals surface area contributed by atoms with E-state index in [1.807, 2.05) is 25.1 Å². The van der Waals surface area contributed by atoms with Crippen molar-refractivity contribution >= 4 is 11.6 Å². The molecule has 0 spiro atoms. The number of hydrogen-bond donors (Lipinski definition) is 2. The second-order valence-electron chi connectivity index (χ2n) is 3.77. The number of carbonyl (C=O) groups is 1. The maximum absolute atomic E-state index is 11.5. The summed E-state index contributed by atoms with van der Waals surface area (Å²) in [5.41, 5.74) is 2.37. The van der Waals surface area contributed by atoms with Crippen LogP contribution in [-0.2, 0) is 9.53 Å². The minimum absolute atomic E-state index is 0.000371. The second kappa shape index (κ2) is 5.37. The number of aromatic nitrogens is 4. The van der Waals surface area contributed by atoms with E-state index in [2.05, 4.69) is 25.9 Å². The van der Waals surface area contributed by atoms with Gasteiger partial charge in [0.15, 0.2) is 0 Å². The molecule has 0 saturated heterocycles. The molecule has 7 heteroatoms. The van der Waals surface area contributed by atoms with E-state index >= 15 is 0 Å². The first-order valence-corrected chi connectivity index (χ1v) is 5.34. The van der Waals surface area contributed by atoms with Crippen molar-refractivity contribution < 1.29 is 9.53 Å². The number of H-pyrrole nitrogens is 1. The van der Waals surface area contributed by atoms with Crippen molar-refractivity contribution in [2.24, 2.45) is 0 Å². The summed E-state index contributed by atoms with van der Waals surface area (Å²) in [6, 6.07) is 5.60. The van der Waals surface area contributed by atoms with Crippen LogP contribution in [0.3, 0.4) is 0 Å². The van der Waals surface area contributed by atoms with E-state index in [1.165, 1.54) is 7.11 Å². The van der Waals surface area contributed by atoms with E-state index in [0.29, 0.717) is 17.1 Å². The molecular weight excluding hydrogens is 234 g/mol. The molecule has 94 valence electrons. The van der Waals surface area contributed by atoms with Crippen LogP contribution in [0.1, 0.15) is 5.56 Å². The molecule has 2 rings (SSSR count). The lowest BCUT2D eigenvalue weighted by atomic mass is 10.1. The molecule has 0 bridgehead atoms. The molecule has 0 fully saturated rings. The Bertz CT molecular complexity index is 538. The van der Waals surface area contributed by atoms with Gasteiger partial charge in [-0.25, -0.2) is 0 Å². The highest BCUT2D eigenvalue weighted by molar-refractivity contribution is 5.95. The zero-order valence-electron chi connectivity index (χ0n) is 10.1. The number of amides is 1. The first-order chi connectivity index (χ1) is 8.70. The molecule has 1 aromatic carbocycles. The Balaban J connectivity index is 2.32. The summed E-state index contributed by atoms with van der Waals surface area (Å²) in [5.74, 6) is 0.204. The summed E-state index contributed by atoms with van der Waals surface area (Å²) >= 11 is 0. The third kappa shape index (κ3) is 2.69. The van der Waals surface area contributed by atoms with E-state index in [-0.39, 0.29) is 12.5 Å². The number of methoxy groups -OCH3 is 1. The number of nitrogens with zero attached hydrogens (tertiary/aromatic N) is 3. The molecule has 0 unspecified atom stereocenters. The van der Waals surface area contributed by atoms with E-state index in [9.17, 15) is 4.79 Å². The minimum Gasteiger partial charge on any atom is -0.375 e. The van der Waals surface area contributed by atoms with Gasteiger partial charge in [0.25, 0.3) is 0 Å². The van der Waals surface area contributed by atoms with Crippen molar-refractivity contribution in [2.75, 3.05) is 19.0 Å². The highest BCUT2D eigenvalue weighted by Gasteiger charge is 2.11. The van der Waals surface area contributed by atoms with Gasteiger partial charge in [-0.3, -0.25) is 4.79 Å². The number of aryl methyl sites for hydroxylation is 1. The van der Waals surface area contributed by atoms with Crippen LogP contribution in [0, 0.1) is 6.92 Å². The van der Waals surface area contributed by atoms with Crippen LogP contribution in [0.15, 0.2) is 18.2 Å². The van der Waals surface area contributed by atoms with Crippen molar-refractivity contribution in [1.29, 1.82) is 0 Å². The summed E-state index contributed by atoms with van der Waals surface area (Å²) in [5, 5.41) is 16.4. The van der Waals surface area contributed by atoms with E-state index in [0.717, 1.165) is 5.56 Å². The maximum Gasteiger partial charge on any atom is 0.250 e. The number of benzene rings is 1. The summed E-state index contributed by atoms with van der Waals surface area (Å²) in [6.07, 6.45) is 0. The van der Waals surface area contributed by atoms with Crippen molar-refractivity contribution in [1.82, 2.24) is 20.6 Å². The first kappa shape index (κ1) is 12.2. The molecular formula is C11H13N5O2. The van der Waals surface area contributed by atoms with Crippen LogP contribution in [0.5, 0.6) is 0 Å². The standard InChI is InChI=1S/C11H13N5O2/c1-7-3-4-8(11-13-15-16-14-11)9(5-7)12-10(17)6-18-2/h3-5H,6H2,1-2H3,(H,12,17)(H,13,14,15,16). The van der Waals surface area contributed by atoms with Crippen LogP contribution < -0.4 is 5.32 Å². The molecule has 0 aliphatic rings. The molecule has 2 N–H and O–H groups in total. The smallest absolute Gasteiger partial charge is 0.250 e. The lowest BCUT2D eigenvalue weighted by Gasteiger charge is -2.09. The monoisotopic (exact) mass is 247 g/mol. The van der Waals surface area contributed by atoms with Crippen LogP contribution in [-0.4, -0.2) is 40.2 Å². The molecule has 7 nitrogen and oxygen atoms in total. The first-order valence-electron chi connectivity index (χ1n) is 5.34. The SMILES string of the molecule is COCC(=O)Nc1cc(C)ccc1-c1nn[nH]n1. The molecule has 1 heterocycles. The number of nitrogens with one attached hydrogen (secondary N) is 2. The predicted octanol–water partition coefficient (Wildman–Crippen LogP) is 0.760. The van der Waals surface area contributed by atoms with Crippen molar-refractivity contribution in [3.8, 4) is 11.4 Å². The summed E-state index contributed by atoms with van der Waals surface area (Å²) < 4.78 is 4.77.